The third-order valence-corrected chi connectivity index (χ3v) is 1.93. The number of unbranched alkanes of at least 4 members (excludes halogenated alkanes) is 1. The molecule has 0 spiro atoms. The third kappa shape index (κ3) is 7.43. The first-order chi connectivity index (χ1) is 7.74. The van der Waals surface area contributed by atoms with Gasteiger partial charge in [0.25, 0.3) is 0 Å². The number of aryl methyl sites for hydroxylation is 2. The Balaban J connectivity index is 0.000000385. The molecule has 1 aromatic heterocycles. The van der Waals surface area contributed by atoms with Crippen LogP contribution in [0.4, 0.5) is 0 Å². The summed E-state index contributed by atoms with van der Waals surface area (Å²) >= 11 is 0. The van der Waals surface area contributed by atoms with Gasteiger partial charge in [-0.15, -0.1) is 6.01 Å². The van der Waals surface area contributed by atoms with Crippen molar-refractivity contribution in [1.82, 2.24) is 0 Å². The van der Waals surface area contributed by atoms with Gasteiger partial charge in [0, 0.05) is 18.6 Å². The first kappa shape index (κ1) is 14.0. The van der Waals surface area contributed by atoms with E-state index in [1.54, 1.807) is 0 Å². The number of rotatable bonds is 3. The fourth-order valence-corrected chi connectivity index (χ4v) is 1.04. The molecule has 0 radical (unpaired) electrons. The van der Waals surface area contributed by atoms with Crippen molar-refractivity contribution >= 4 is 6.01 Å². The van der Waals surface area contributed by atoms with Crippen LogP contribution in [0.5, 0.6) is 0 Å². The van der Waals surface area contributed by atoms with Gasteiger partial charge in [0.1, 0.15) is 6.54 Å². The molecule has 0 N–H and O–H groups in total. The number of nitriles is 1. The number of aromatic nitrogens is 1. The van der Waals surface area contributed by atoms with Gasteiger partial charge in [0.05, 0.1) is 6.19 Å². The Bertz CT molecular complexity index is 369. The average Bonchev–Trinajstić information content (AvgIpc) is 2.30. The maximum atomic E-state index is 7.43. The highest BCUT2D eigenvalue weighted by atomic mass is 14.9. The minimum Gasteiger partial charge on any atom is -0.422 e. The predicted molar refractivity (Wildman–Crippen MR) is 62.7 cm³/mol. The Hall–Kier alpha value is -1.98. The van der Waals surface area contributed by atoms with E-state index in [2.05, 4.69) is 47.9 Å². The molecule has 0 unspecified atom stereocenters. The standard InChI is InChI=1S/C10H16N.C2N3/c1-3-4-7-11-8-5-10(2)6-9-11;3-1-5-2-4/h5-6,8-9H,3-4,7H2,1-2H3;/q+1;-1. The van der Waals surface area contributed by atoms with Gasteiger partial charge in [-0.25, -0.2) is 4.57 Å². The maximum absolute atomic E-state index is 7.43. The quantitative estimate of drug-likeness (QED) is 0.434. The van der Waals surface area contributed by atoms with Crippen molar-refractivity contribution in [2.24, 2.45) is 4.99 Å². The molecule has 1 aromatic rings. The van der Waals surface area contributed by atoms with E-state index in [1.165, 1.54) is 30.6 Å². The van der Waals surface area contributed by atoms with Crippen LogP contribution in [0.3, 0.4) is 0 Å². The van der Waals surface area contributed by atoms with E-state index in [4.69, 9.17) is 10.7 Å². The Kier molecular flexibility index (Phi) is 8.39. The molecule has 0 aliphatic carbocycles. The number of pyridine rings is 1. The van der Waals surface area contributed by atoms with Crippen LogP contribution in [0.25, 0.3) is 5.41 Å². The van der Waals surface area contributed by atoms with Crippen molar-refractivity contribution in [1.29, 1.82) is 5.26 Å². The van der Waals surface area contributed by atoms with Gasteiger partial charge in [-0.2, -0.15) is 5.26 Å². The normalized spacial score (nSPS) is 8.06. The van der Waals surface area contributed by atoms with Gasteiger partial charge in [0.15, 0.2) is 12.4 Å². The minimum absolute atomic E-state index is 1.15. The van der Waals surface area contributed by atoms with Crippen molar-refractivity contribution < 1.29 is 4.57 Å². The zero-order valence-corrected chi connectivity index (χ0v) is 9.72. The fraction of sp³-hybridized carbons (Fsp3) is 0.417. The van der Waals surface area contributed by atoms with Gasteiger partial charge in [-0.3, -0.25) is 0 Å². The highest BCUT2D eigenvalue weighted by Crippen LogP contribution is 1.91. The SMILES string of the molecule is CCCC[n+]1ccc(C)cc1.N#CN=C=[N-]. The van der Waals surface area contributed by atoms with Crippen LogP contribution in [-0.4, -0.2) is 6.01 Å². The van der Waals surface area contributed by atoms with Crippen LogP contribution in [0.1, 0.15) is 25.3 Å². The second-order valence-electron chi connectivity index (χ2n) is 3.28. The highest BCUT2D eigenvalue weighted by molar-refractivity contribution is 5.46. The molecule has 0 aliphatic rings. The van der Waals surface area contributed by atoms with Crippen LogP contribution in [0.15, 0.2) is 29.5 Å². The van der Waals surface area contributed by atoms with Crippen LogP contribution in [0.2, 0.25) is 0 Å². The molecule has 84 valence electrons. The molecule has 0 saturated carbocycles. The molecule has 4 heteroatoms. The minimum atomic E-state index is 1.15. The molecule has 0 bridgehead atoms. The van der Waals surface area contributed by atoms with E-state index in [9.17, 15) is 0 Å². The molecule has 0 aliphatic heterocycles. The monoisotopic (exact) mass is 216 g/mol. The Morgan fingerprint density at radius 1 is 1.44 bits per heavy atom. The number of hydrogen-bond acceptors (Lipinski definition) is 2. The smallest absolute Gasteiger partial charge is 0.169 e. The second-order valence-corrected chi connectivity index (χ2v) is 3.28. The lowest BCUT2D eigenvalue weighted by Gasteiger charge is -1.94. The molecule has 1 heterocycles. The van der Waals surface area contributed by atoms with E-state index in [-0.39, 0.29) is 0 Å². The zero-order chi connectivity index (χ0) is 12.2. The number of aliphatic imine (C=N–C) groups is 1. The van der Waals surface area contributed by atoms with Crippen LogP contribution in [-0.2, 0) is 6.54 Å². The number of nitrogens with zero attached hydrogens (tertiary/aromatic N) is 4. The largest absolute Gasteiger partial charge is 0.422 e. The van der Waals surface area contributed by atoms with Crippen molar-refractivity contribution in [3.8, 4) is 6.19 Å². The average molecular weight is 216 g/mol. The maximum Gasteiger partial charge on any atom is 0.169 e. The van der Waals surface area contributed by atoms with E-state index < -0.39 is 0 Å². The van der Waals surface area contributed by atoms with Crippen LogP contribution in [0, 0.1) is 18.4 Å². The first-order valence-electron chi connectivity index (χ1n) is 5.18. The molecule has 1 rings (SSSR count). The summed E-state index contributed by atoms with van der Waals surface area (Å²) < 4.78 is 2.23. The Morgan fingerprint density at radius 2 is 2.06 bits per heavy atom. The fourth-order valence-electron chi connectivity index (χ4n) is 1.04. The molecule has 0 saturated heterocycles. The lowest BCUT2D eigenvalue weighted by Crippen LogP contribution is -2.32. The van der Waals surface area contributed by atoms with Crippen molar-refractivity contribution in [2.75, 3.05) is 0 Å². The van der Waals surface area contributed by atoms with Crippen molar-refractivity contribution in [2.45, 2.75) is 33.2 Å². The summed E-state index contributed by atoms with van der Waals surface area (Å²) in [7, 11) is 0. The van der Waals surface area contributed by atoms with Crippen molar-refractivity contribution in [3.63, 3.8) is 0 Å². The second kappa shape index (κ2) is 9.57. The molecular formula is C12H16N4. The van der Waals surface area contributed by atoms with Gasteiger partial charge in [0.2, 0.25) is 0 Å². The summed E-state index contributed by atoms with van der Waals surface area (Å²) in [6.07, 6.45) is 8.11. The van der Waals surface area contributed by atoms with Crippen molar-refractivity contribution in [3.05, 3.63) is 35.5 Å². The zero-order valence-electron chi connectivity index (χ0n) is 9.72. The summed E-state index contributed by atoms with van der Waals surface area (Å²) in [4.78, 5) is 2.58. The Morgan fingerprint density at radius 3 is 2.44 bits per heavy atom. The third-order valence-electron chi connectivity index (χ3n) is 1.93. The molecule has 0 amide bonds. The topological polar surface area (TPSA) is 62.3 Å². The van der Waals surface area contributed by atoms with E-state index in [0.29, 0.717) is 0 Å². The van der Waals surface area contributed by atoms with E-state index in [0.717, 1.165) is 6.54 Å². The Labute approximate surface area is 96.4 Å². The first-order valence-corrected chi connectivity index (χ1v) is 5.18. The molecule has 16 heavy (non-hydrogen) atoms. The summed E-state index contributed by atoms with van der Waals surface area (Å²) in [6.45, 7) is 5.48. The molecule has 0 atom stereocenters. The predicted octanol–water partition coefficient (Wildman–Crippen LogP) is 2.29. The lowest BCUT2D eigenvalue weighted by atomic mass is 10.3. The summed E-state index contributed by atoms with van der Waals surface area (Å²) in [5, 5.41) is 14.9. The summed E-state index contributed by atoms with van der Waals surface area (Å²) in [5.74, 6) is 0. The van der Waals surface area contributed by atoms with E-state index in [1.807, 2.05) is 0 Å². The van der Waals surface area contributed by atoms with Gasteiger partial charge < -0.3 is 10.4 Å². The highest BCUT2D eigenvalue weighted by Gasteiger charge is 1.95. The molecular weight excluding hydrogens is 200 g/mol. The summed E-state index contributed by atoms with van der Waals surface area (Å²) in [6, 6.07) is 5.58. The van der Waals surface area contributed by atoms with Gasteiger partial charge in [-0.05, 0) is 12.5 Å². The lowest BCUT2D eigenvalue weighted by molar-refractivity contribution is -0.697. The number of hydrogen-bond donors (Lipinski definition) is 0. The van der Waals surface area contributed by atoms with Crippen LogP contribution >= 0.6 is 0 Å². The van der Waals surface area contributed by atoms with Gasteiger partial charge in [-0.1, -0.05) is 13.3 Å². The molecule has 4 nitrogen and oxygen atoms in total. The summed E-state index contributed by atoms with van der Waals surface area (Å²) in [5.41, 5.74) is 1.33. The van der Waals surface area contributed by atoms with Gasteiger partial charge >= 0.3 is 0 Å². The molecule has 0 fully saturated rings. The van der Waals surface area contributed by atoms with E-state index >= 15 is 0 Å². The molecule has 0 aromatic carbocycles. The van der Waals surface area contributed by atoms with Crippen LogP contribution < -0.4 is 4.57 Å².